The molecule has 2 aromatic heterocycles. The van der Waals surface area contributed by atoms with Crippen molar-refractivity contribution in [3.63, 3.8) is 0 Å². The van der Waals surface area contributed by atoms with Crippen LogP contribution in [-0.4, -0.2) is 22.0 Å². The molecule has 136 valence electrons. The van der Waals surface area contributed by atoms with Crippen LogP contribution in [0.15, 0.2) is 35.1 Å². The molecule has 3 rings (SSSR count). The summed E-state index contributed by atoms with van der Waals surface area (Å²) in [5, 5.41) is 0. The number of aromatic amines is 1. The average Bonchev–Trinajstić information content (AvgIpc) is 2.89. The molecule has 26 heavy (non-hydrogen) atoms. The van der Waals surface area contributed by atoms with Gasteiger partial charge in [-0.05, 0) is 49.8 Å². The minimum atomic E-state index is -4.51. The summed E-state index contributed by atoms with van der Waals surface area (Å²) in [6, 6.07) is 4.82. The molecular weight excluding hydrogens is 349 g/mol. The number of esters is 1. The number of nitrogens with one attached hydrogen (secondary N) is 1. The lowest BCUT2D eigenvalue weighted by Gasteiger charge is -2.10. The van der Waals surface area contributed by atoms with Crippen LogP contribution in [0.25, 0.3) is 22.6 Å². The Morgan fingerprint density at radius 3 is 2.69 bits per heavy atom. The zero-order valence-corrected chi connectivity index (χ0v) is 14.0. The van der Waals surface area contributed by atoms with Gasteiger partial charge >= 0.3 is 12.1 Å². The van der Waals surface area contributed by atoms with Crippen molar-refractivity contribution < 1.29 is 22.7 Å². The van der Waals surface area contributed by atoms with Crippen LogP contribution >= 0.6 is 0 Å². The van der Waals surface area contributed by atoms with Gasteiger partial charge in [0.15, 0.2) is 0 Å². The first kappa shape index (κ1) is 17.8. The number of carbonyl (C=O) groups excluding carboxylic acids is 1. The van der Waals surface area contributed by atoms with Crippen molar-refractivity contribution in [2.45, 2.75) is 20.0 Å². The number of hydrogen-bond acceptors (Lipinski definition) is 3. The third-order valence-corrected chi connectivity index (χ3v) is 3.92. The van der Waals surface area contributed by atoms with E-state index in [1.807, 2.05) is 0 Å². The number of hydrogen-bond donors (Lipinski definition) is 1. The van der Waals surface area contributed by atoms with Crippen molar-refractivity contribution >= 4 is 28.6 Å². The molecule has 0 spiro atoms. The molecule has 1 aromatic carbocycles. The Hall–Kier alpha value is -3.03. The van der Waals surface area contributed by atoms with Crippen LogP contribution < -0.4 is 5.56 Å². The highest BCUT2D eigenvalue weighted by atomic mass is 19.4. The summed E-state index contributed by atoms with van der Waals surface area (Å²) in [5.74, 6) is -0.548. The molecule has 3 aromatic rings. The van der Waals surface area contributed by atoms with Gasteiger partial charge in [0.05, 0.1) is 23.2 Å². The van der Waals surface area contributed by atoms with Crippen LogP contribution in [-0.2, 0) is 15.7 Å². The standard InChI is InChI=1S/C18H15F3N2O3/c1-3-26-15(24)7-5-12-8-10(2)16-17(25)22-13-9-11(18(19,20)21)4-6-14(13)23(12)16/h4-9H,3H2,1-2H3,(H,22,25). The van der Waals surface area contributed by atoms with E-state index in [-0.39, 0.29) is 12.1 Å². The van der Waals surface area contributed by atoms with E-state index >= 15 is 0 Å². The summed E-state index contributed by atoms with van der Waals surface area (Å²) in [6.07, 6.45) is -1.84. The Bertz CT molecular complexity index is 1090. The topological polar surface area (TPSA) is 63.6 Å². The van der Waals surface area contributed by atoms with Crippen LogP contribution in [0.3, 0.4) is 0 Å². The first-order chi connectivity index (χ1) is 12.2. The Morgan fingerprint density at radius 1 is 1.31 bits per heavy atom. The van der Waals surface area contributed by atoms with Gasteiger partial charge in [-0.25, -0.2) is 4.79 Å². The average molecular weight is 364 g/mol. The Balaban J connectivity index is 2.27. The first-order valence-corrected chi connectivity index (χ1v) is 7.82. The highest BCUT2D eigenvalue weighted by Gasteiger charge is 2.30. The lowest BCUT2D eigenvalue weighted by molar-refractivity contribution is -0.138. The second-order valence-electron chi connectivity index (χ2n) is 5.71. The monoisotopic (exact) mass is 364 g/mol. The number of fused-ring (bicyclic) bond motifs is 3. The summed E-state index contributed by atoms with van der Waals surface area (Å²) in [6.45, 7) is 3.61. The Labute approximate surface area is 145 Å². The summed E-state index contributed by atoms with van der Waals surface area (Å²) >= 11 is 0. The van der Waals surface area contributed by atoms with Crippen LogP contribution in [0.5, 0.6) is 0 Å². The van der Waals surface area contributed by atoms with Crippen molar-refractivity contribution in [1.29, 1.82) is 0 Å². The molecule has 0 bridgehead atoms. The van der Waals surface area contributed by atoms with Crippen molar-refractivity contribution in [1.82, 2.24) is 9.38 Å². The van der Waals surface area contributed by atoms with Crippen molar-refractivity contribution in [3.05, 3.63) is 57.5 Å². The van der Waals surface area contributed by atoms with E-state index in [2.05, 4.69) is 4.98 Å². The van der Waals surface area contributed by atoms with Gasteiger partial charge in [-0.3, -0.25) is 4.79 Å². The van der Waals surface area contributed by atoms with Gasteiger partial charge in [0.25, 0.3) is 5.56 Å². The van der Waals surface area contributed by atoms with E-state index in [9.17, 15) is 22.8 Å². The second kappa shape index (κ2) is 6.36. The predicted molar refractivity (Wildman–Crippen MR) is 90.9 cm³/mol. The minimum absolute atomic E-state index is 0.0544. The maximum atomic E-state index is 12.9. The van der Waals surface area contributed by atoms with Gasteiger partial charge in [-0.1, -0.05) is 0 Å². The van der Waals surface area contributed by atoms with Crippen molar-refractivity contribution in [3.8, 4) is 0 Å². The highest BCUT2D eigenvalue weighted by Crippen LogP contribution is 2.31. The van der Waals surface area contributed by atoms with Gasteiger partial charge < -0.3 is 14.1 Å². The summed E-state index contributed by atoms with van der Waals surface area (Å²) in [7, 11) is 0. The van der Waals surface area contributed by atoms with E-state index in [0.717, 1.165) is 12.1 Å². The maximum absolute atomic E-state index is 12.9. The molecule has 8 heteroatoms. The molecule has 2 heterocycles. The third kappa shape index (κ3) is 3.10. The van der Waals surface area contributed by atoms with Crippen molar-refractivity contribution in [2.75, 3.05) is 6.61 Å². The summed E-state index contributed by atoms with van der Waals surface area (Å²) in [5.41, 5.74) is 0.513. The van der Waals surface area contributed by atoms with Crippen molar-refractivity contribution in [2.24, 2.45) is 0 Å². The van der Waals surface area contributed by atoms with Gasteiger partial charge in [0, 0.05) is 11.8 Å². The number of benzene rings is 1. The van der Waals surface area contributed by atoms with E-state index in [4.69, 9.17) is 4.74 Å². The largest absolute Gasteiger partial charge is 0.463 e. The molecule has 0 aliphatic rings. The van der Waals surface area contributed by atoms with Crippen LogP contribution in [0.2, 0.25) is 0 Å². The third-order valence-electron chi connectivity index (χ3n) is 3.92. The number of carbonyl (C=O) groups is 1. The number of aromatic nitrogens is 2. The molecule has 5 nitrogen and oxygen atoms in total. The number of H-pyrrole nitrogens is 1. The molecule has 0 radical (unpaired) electrons. The van der Waals surface area contributed by atoms with Crippen LogP contribution in [0.1, 0.15) is 23.7 Å². The Morgan fingerprint density at radius 2 is 2.04 bits per heavy atom. The van der Waals surface area contributed by atoms with Crippen LogP contribution in [0, 0.1) is 6.92 Å². The SMILES string of the molecule is CCOC(=O)C=Cc1cc(C)c2c(=O)[nH]c3cc(C(F)(F)F)ccc3n12. The van der Waals surface area contributed by atoms with Crippen LogP contribution in [0.4, 0.5) is 13.2 Å². The minimum Gasteiger partial charge on any atom is -0.463 e. The highest BCUT2D eigenvalue weighted by molar-refractivity contribution is 5.88. The normalized spacial score (nSPS) is 12.3. The van der Waals surface area contributed by atoms with E-state index in [1.54, 1.807) is 19.9 Å². The number of rotatable bonds is 3. The number of nitrogens with zero attached hydrogens (tertiary/aromatic N) is 1. The lowest BCUT2D eigenvalue weighted by atomic mass is 10.2. The second-order valence-corrected chi connectivity index (χ2v) is 5.71. The fraction of sp³-hybridized carbons (Fsp3) is 0.222. The Kier molecular flexibility index (Phi) is 4.35. The van der Waals surface area contributed by atoms with Gasteiger partial charge in [0.1, 0.15) is 5.52 Å². The zero-order valence-electron chi connectivity index (χ0n) is 14.0. The van der Waals surface area contributed by atoms with Gasteiger partial charge in [-0.2, -0.15) is 13.2 Å². The van der Waals surface area contributed by atoms with E-state index < -0.39 is 23.3 Å². The summed E-state index contributed by atoms with van der Waals surface area (Å²) < 4.78 is 45.1. The quantitative estimate of drug-likeness (QED) is 0.570. The molecule has 0 fully saturated rings. The smallest absolute Gasteiger partial charge is 0.416 e. The van der Waals surface area contributed by atoms with E-state index in [0.29, 0.717) is 22.3 Å². The first-order valence-electron chi connectivity index (χ1n) is 7.82. The molecule has 0 atom stereocenters. The number of alkyl halides is 3. The molecule has 0 saturated heterocycles. The molecule has 0 saturated carbocycles. The molecule has 0 unspecified atom stereocenters. The zero-order chi connectivity index (χ0) is 19.1. The van der Waals surface area contributed by atoms with E-state index in [1.165, 1.54) is 22.6 Å². The molecule has 0 amide bonds. The van der Waals surface area contributed by atoms with Gasteiger partial charge in [0.2, 0.25) is 0 Å². The fourth-order valence-corrected chi connectivity index (χ4v) is 2.86. The number of halogens is 3. The molecular formula is C18H15F3N2O3. The molecule has 0 aliphatic carbocycles. The maximum Gasteiger partial charge on any atom is 0.416 e. The number of ether oxygens (including phenoxy) is 1. The molecule has 0 aliphatic heterocycles. The molecule has 1 N–H and O–H groups in total. The predicted octanol–water partition coefficient (Wildman–Crippen LogP) is 3.68. The number of aryl methyl sites for hydroxylation is 1. The van der Waals surface area contributed by atoms with Gasteiger partial charge in [-0.15, -0.1) is 0 Å². The fourth-order valence-electron chi connectivity index (χ4n) is 2.86. The summed E-state index contributed by atoms with van der Waals surface area (Å²) in [4.78, 5) is 26.4. The lowest BCUT2D eigenvalue weighted by Crippen LogP contribution is -2.13.